The smallest absolute Gasteiger partial charge is 0.274 e. The Hall–Kier alpha value is -2.20. The molecule has 0 amide bonds. The third-order valence-corrected chi connectivity index (χ3v) is 3.86. The maximum atomic E-state index is 11.2. The summed E-state index contributed by atoms with van der Waals surface area (Å²) in [5.41, 5.74) is 4.49. The van der Waals surface area contributed by atoms with Gasteiger partial charge in [0.05, 0.1) is 4.92 Å². The van der Waals surface area contributed by atoms with Crippen LogP contribution < -0.4 is 0 Å². The molecule has 0 unspecified atom stereocenters. The minimum absolute atomic E-state index is 0.242. The van der Waals surface area contributed by atoms with Crippen LogP contribution in [-0.4, -0.2) is 23.4 Å². The molecule has 2 aromatic rings. The predicted octanol–water partition coefficient (Wildman–Crippen LogP) is 3.25. The van der Waals surface area contributed by atoms with E-state index in [1.165, 1.54) is 0 Å². The lowest BCUT2D eigenvalue weighted by molar-refractivity contribution is -0.385. The van der Waals surface area contributed by atoms with Gasteiger partial charge >= 0.3 is 0 Å². The highest BCUT2D eigenvalue weighted by molar-refractivity contribution is 5.72. The minimum Gasteiger partial charge on any atom is -0.302 e. The number of nitro groups is 1. The third-order valence-electron chi connectivity index (χ3n) is 3.86. The minimum atomic E-state index is -0.271. The van der Waals surface area contributed by atoms with Crippen LogP contribution in [-0.2, 0) is 13.0 Å². The number of hydrogen-bond donors (Lipinski definition) is 0. The normalized spacial score (nSPS) is 14.8. The fourth-order valence-corrected chi connectivity index (χ4v) is 2.85. The Balaban J connectivity index is 2.19. The van der Waals surface area contributed by atoms with Gasteiger partial charge in [-0.2, -0.15) is 0 Å². The van der Waals surface area contributed by atoms with E-state index in [9.17, 15) is 10.1 Å². The molecule has 3 rings (SSSR count). The highest BCUT2D eigenvalue weighted by Crippen LogP contribution is 2.35. The van der Waals surface area contributed by atoms with Crippen molar-refractivity contribution in [1.82, 2.24) is 4.90 Å². The van der Waals surface area contributed by atoms with E-state index in [0.717, 1.165) is 35.2 Å². The first-order chi connectivity index (χ1) is 9.66. The molecule has 0 saturated heterocycles. The van der Waals surface area contributed by atoms with Crippen molar-refractivity contribution in [3.8, 4) is 11.1 Å². The van der Waals surface area contributed by atoms with Gasteiger partial charge < -0.3 is 4.90 Å². The number of nitro benzene ring substituents is 1. The van der Waals surface area contributed by atoms with Gasteiger partial charge in [0.2, 0.25) is 0 Å². The second-order valence-electron chi connectivity index (χ2n) is 5.20. The molecular weight excluding hydrogens is 252 g/mol. The second kappa shape index (κ2) is 5.06. The standard InChI is InChI=1S/C16H16N2O2/c1-17-10-9-14-13(12-5-3-2-4-6-12)7-8-16(18(19)20)15(14)11-17/h2-8H,9-11H2,1H3. The summed E-state index contributed by atoms with van der Waals surface area (Å²) in [5, 5.41) is 11.2. The Bertz CT molecular complexity index is 653. The van der Waals surface area contributed by atoms with E-state index >= 15 is 0 Å². The van der Waals surface area contributed by atoms with Crippen molar-refractivity contribution in [2.75, 3.05) is 13.6 Å². The number of rotatable bonds is 2. The van der Waals surface area contributed by atoms with Crippen molar-refractivity contribution < 1.29 is 4.92 Å². The molecule has 1 heterocycles. The van der Waals surface area contributed by atoms with Gasteiger partial charge in [-0.3, -0.25) is 10.1 Å². The van der Waals surface area contributed by atoms with Gasteiger partial charge in [-0.05, 0) is 36.2 Å². The quantitative estimate of drug-likeness (QED) is 0.620. The van der Waals surface area contributed by atoms with Crippen LogP contribution in [0.5, 0.6) is 0 Å². The molecule has 0 saturated carbocycles. The molecule has 0 N–H and O–H groups in total. The maximum absolute atomic E-state index is 11.2. The van der Waals surface area contributed by atoms with Crippen LogP contribution in [0.15, 0.2) is 42.5 Å². The van der Waals surface area contributed by atoms with Gasteiger partial charge in [-0.25, -0.2) is 0 Å². The first-order valence-electron chi connectivity index (χ1n) is 6.70. The fourth-order valence-electron chi connectivity index (χ4n) is 2.85. The molecule has 0 fully saturated rings. The van der Waals surface area contributed by atoms with E-state index in [2.05, 4.69) is 17.0 Å². The monoisotopic (exact) mass is 268 g/mol. The van der Waals surface area contributed by atoms with Crippen molar-refractivity contribution in [2.24, 2.45) is 0 Å². The lowest BCUT2D eigenvalue weighted by Gasteiger charge is -2.26. The molecule has 0 aromatic heterocycles. The third kappa shape index (κ3) is 2.18. The fraction of sp³-hybridized carbons (Fsp3) is 0.250. The van der Waals surface area contributed by atoms with Gasteiger partial charge in [-0.1, -0.05) is 30.3 Å². The molecular formula is C16H16N2O2. The summed E-state index contributed by atoms with van der Waals surface area (Å²) >= 11 is 0. The zero-order valence-corrected chi connectivity index (χ0v) is 11.4. The summed E-state index contributed by atoms with van der Waals surface area (Å²) in [5.74, 6) is 0. The van der Waals surface area contributed by atoms with Crippen molar-refractivity contribution in [3.05, 3.63) is 63.7 Å². The van der Waals surface area contributed by atoms with E-state index < -0.39 is 0 Å². The molecule has 1 aliphatic heterocycles. The molecule has 0 spiro atoms. The first-order valence-corrected chi connectivity index (χ1v) is 6.70. The lowest BCUT2D eigenvalue weighted by Crippen LogP contribution is -2.27. The van der Waals surface area contributed by atoms with Crippen molar-refractivity contribution in [1.29, 1.82) is 0 Å². The molecule has 102 valence electrons. The summed E-state index contributed by atoms with van der Waals surface area (Å²) < 4.78 is 0. The van der Waals surface area contributed by atoms with Crippen LogP contribution in [0.25, 0.3) is 11.1 Å². The Labute approximate surface area is 117 Å². The van der Waals surface area contributed by atoms with Gasteiger partial charge in [0.15, 0.2) is 0 Å². The largest absolute Gasteiger partial charge is 0.302 e. The van der Waals surface area contributed by atoms with Crippen LogP contribution in [0.4, 0.5) is 5.69 Å². The van der Waals surface area contributed by atoms with Gasteiger partial charge in [0.25, 0.3) is 5.69 Å². The van der Waals surface area contributed by atoms with E-state index in [1.54, 1.807) is 6.07 Å². The van der Waals surface area contributed by atoms with Gasteiger partial charge in [0.1, 0.15) is 0 Å². The lowest BCUT2D eigenvalue weighted by atomic mass is 9.90. The van der Waals surface area contributed by atoms with Crippen LogP contribution in [0.2, 0.25) is 0 Å². The highest BCUT2D eigenvalue weighted by Gasteiger charge is 2.25. The zero-order chi connectivity index (χ0) is 14.1. The number of hydrogen-bond acceptors (Lipinski definition) is 3. The summed E-state index contributed by atoms with van der Waals surface area (Å²) in [6.07, 6.45) is 0.859. The Morgan fingerprint density at radius 2 is 1.85 bits per heavy atom. The summed E-state index contributed by atoms with van der Waals surface area (Å²) in [4.78, 5) is 13.1. The summed E-state index contributed by atoms with van der Waals surface area (Å²) in [6.45, 7) is 1.58. The number of benzene rings is 2. The number of fused-ring (bicyclic) bond motifs is 1. The van der Waals surface area contributed by atoms with Crippen LogP contribution in [0.3, 0.4) is 0 Å². The van der Waals surface area contributed by atoms with Crippen LogP contribution >= 0.6 is 0 Å². The van der Waals surface area contributed by atoms with Gasteiger partial charge in [-0.15, -0.1) is 0 Å². The molecule has 0 bridgehead atoms. The SMILES string of the molecule is CN1CCc2c(-c3ccccc3)ccc([N+](=O)[O-])c2C1. The number of nitrogens with zero attached hydrogens (tertiary/aromatic N) is 2. The number of likely N-dealkylation sites (N-methyl/N-ethyl adjacent to an activating group) is 1. The predicted molar refractivity (Wildman–Crippen MR) is 78.6 cm³/mol. The first kappa shape index (κ1) is 12.8. The van der Waals surface area contributed by atoms with Crippen molar-refractivity contribution in [3.63, 3.8) is 0 Å². The van der Waals surface area contributed by atoms with E-state index in [1.807, 2.05) is 31.3 Å². The molecule has 2 aromatic carbocycles. The molecule has 4 heteroatoms. The topological polar surface area (TPSA) is 46.4 Å². The Kier molecular flexibility index (Phi) is 3.24. The summed E-state index contributed by atoms with van der Waals surface area (Å²) in [6, 6.07) is 13.6. The van der Waals surface area contributed by atoms with Gasteiger partial charge in [0, 0.05) is 24.7 Å². The molecule has 0 atom stereocenters. The average Bonchev–Trinajstić information content (AvgIpc) is 2.46. The van der Waals surface area contributed by atoms with Crippen molar-refractivity contribution in [2.45, 2.75) is 13.0 Å². The van der Waals surface area contributed by atoms with Crippen molar-refractivity contribution >= 4 is 5.69 Å². The summed E-state index contributed by atoms with van der Waals surface area (Å²) in [7, 11) is 2.00. The zero-order valence-electron chi connectivity index (χ0n) is 11.4. The highest BCUT2D eigenvalue weighted by atomic mass is 16.6. The van der Waals surface area contributed by atoms with E-state index in [4.69, 9.17) is 0 Å². The molecule has 4 nitrogen and oxygen atoms in total. The molecule has 0 aliphatic carbocycles. The second-order valence-corrected chi connectivity index (χ2v) is 5.20. The molecule has 0 radical (unpaired) electrons. The van der Waals surface area contributed by atoms with E-state index in [0.29, 0.717) is 6.54 Å². The van der Waals surface area contributed by atoms with Crippen LogP contribution in [0, 0.1) is 10.1 Å². The molecule has 1 aliphatic rings. The van der Waals surface area contributed by atoms with Crippen LogP contribution in [0.1, 0.15) is 11.1 Å². The average molecular weight is 268 g/mol. The Morgan fingerprint density at radius 1 is 1.10 bits per heavy atom. The molecule has 20 heavy (non-hydrogen) atoms. The van der Waals surface area contributed by atoms with E-state index in [-0.39, 0.29) is 10.6 Å². The Morgan fingerprint density at radius 3 is 2.55 bits per heavy atom. The maximum Gasteiger partial charge on any atom is 0.274 e.